The van der Waals surface area contributed by atoms with Gasteiger partial charge < -0.3 is 0 Å². The van der Waals surface area contributed by atoms with E-state index < -0.39 is 0 Å². The smallest absolute Gasteiger partial charge is 0.123 e. The number of hydrogen-bond donors (Lipinski definition) is 0. The molecule has 0 aromatic heterocycles. The van der Waals surface area contributed by atoms with E-state index in [0.717, 1.165) is 0 Å². The topological polar surface area (TPSA) is 48.8 Å². The Hall–Kier alpha value is -1.54. The Morgan fingerprint density at radius 1 is 1.58 bits per heavy atom. The molecule has 1 atom stereocenters. The second-order valence-electron chi connectivity index (χ2n) is 2.44. The highest BCUT2D eigenvalue weighted by molar-refractivity contribution is 5.19. The molecule has 0 heterocycles. The van der Waals surface area contributed by atoms with Crippen LogP contribution in [0, 0.1) is 5.82 Å². The van der Waals surface area contributed by atoms with E-state index in [1.165, 1.54) is 12.1 Å². The molecule has 0 saturated carbocycles. The van der Waals surface area contributed by atoms with Crippen molar-refractivity contribution in [1.82, 2.24) is 0 Å². The molecule has 0 spiro atoms. The predicted octanol–water partition coefficient (Wildman–Crippen LogP) is 3.20. The Labute approximate surface area is 69.5 Å². The van der Waals surface area contributed by atoms with Crippen LogP contribution < -0.4 is 0 Å². The normalized spacial score (nSPS) is 11.8. The predicted molar refractivity (Wildman–Crippen MR) is 44.0 cm³/mol. The molecule has 0 aliphatic carbocycles. The second-order valence-corrected chi connectivity index (χ2v) is 2.44. The maximum absolute atomic E-state index is 12.6. The summed E-state index contributed by atoms with van der Waals surface area (Å²) < 4.78 is 12.6. The number of nitrogens with zero attached hydrogens (tertiary/aromatic N) is 3. The van der Waals surface area contributed by atoms with Gasteiger partial charge in [-0.25, -0.2) is 4.39 Å². The van der Waals surface area contributed by atoms with Gasteiger partial charge >= 0.3 is 0 Å². The minimum Gasteiger partial charge on any atom is -0.207 e. The van der Waals surface area contributed by atoms with Crippen molar-refractivity contribution < 1.29 is 4.39 Å². The van der Waals surface area contributed by atoms with Gasteiger partial charge in [0.15, 0.2) is 0 Å². The quantitative estimate of drug-likeness (QED) is 0.367. The average molecular weight is 165 g/mol. The lowest BCUT2D eigenvalue weighted by Crippen LogP contribution is -1.88. The van der Waals surface area contributed by atoms with Crippen LogP contribution in [0.4, 0.5) is 4.39 Å². The minimum atomic E-state index is -0.314. The zero-order valence-corrected chi connectivity index (χ0v) is 6.61. The highest BCUT2D eigenvalue weighted by Gasteiger charge is 2.02. The van der Waals surface area contributed by atoms with Gasteiger partial charge in [0.25, 0.3) is 0 Å². The second kappa shape index (κ2) is 3.74. The van der Waals surface area contributed by atoms with E-state index in [-0.39, 0.29) is 11.9 Å². The Morgan fingerprint density at radius 2 is 2.33 bits per heavy atom. The third-order valence-electron chi connectivity index (χ3n) is 1.56. The van der Waals surface area contributed by atoms with Gasteiger partial charge in [0.2, 0.25) is 0 Å². The van der Waals surface area contributed by atoms with Crippen LogP contribution in [-0.2, 0) is 0 Å². The van der Waals surface area contributed by atoms with Gasteiger partial charge in [-0.2, -0.15) is 0 Å². The lowest BCUT2D eigenvalue weighted by atomic mass is 10.1. The molecule has 1 aromatic rings. The Bertz CT molecular complexity index is 318. The molecule has 0 aliphatic heterocycles. The summed E-state index contributed by atoms with van der Waals surface area (Å²) in [5.41, 5.74) is 8.82. The third kappa shape index (κ3) is 1.97. The summed E-state index contributed by atoms with van der Waals surface area (Å²) in [5.74, 6) is -0.313. The third-order valence-corrected chi connectivity index (χ3v) is 1.56. The highest BCUT2D eigenvalue weighted by Crippen LogP contribution is 2.16. The molecular weight excluding hydrogens is 157 g/mol. The molecule has 0 amide bonds. The number of rotatable bonds is 2. The highest BCUT2D eigenvalue weighted by atomic mass is 19.1. The molecule has 0 fully saturated rings. The van der Waals surface area contributed by atoms with E-state index in [1.54, 1.807) is 19.1 Å². The number of halogens is 1. The van der Waals surface area contributed by atoms with Crippen molar-refractivity contribution in [1.29, 1.82) is 0 Å². The molecular formula is C8H8FN3. The Balaban J connectivity index is 2.94. The van der Waals surface area contributed by atoms with E-state index in [0.29, 0.717) is 5.56 Å². The van der Waals surface area contributed by atoms with Crippen LogP contribution in [0.2, 0.25) is 0 Å². The first-order chi connectivity index (χ1) is 5.74. The summed E-state index contributed by atoms with van der Waals surface area (Å²) in [5, 5.41) is 3.45. The monoisotopic (exact) mass is 165 g/mol. The van der Waals surface area contributed by atoms with E-state index >= 15 is 0 Å². The van der Waals surface area contributed by atoms with Crippen LogP contribution in [-0.4, -0.2) is 0 Å². The first-order valence-corrected chi connectivity index (χ1v) is 3.53. The molecule has 4 heteroatoms. The summed E-state index contributed by atoms with van der Waals surface area (Å²) in [6.07, 6.45) is 0. The van der Waals surface area contributed by atoms with Gasteiger partial charge in [-0.1, -0.05) is 24.2 Å². The summed E-state index contributed by atoms with van der Waals surface area (Å²) in [6, 6.07) is 5.72. The SMILES string of the molecule is C[C@@H](N=[N+]=[N-])c1cccc(F)c1. The van der Waals surface area contributed by atoms with Crippen molar-refractivity contribution >= 4 is 0 Å². The summed E-state index contributed by atoms with van der Waals surface area (Å²) in [6.45, 7) is 1.72. The maximum atomic E-state index is 12.6. The van der Waals surface area contributed by atoms with Crippen LogP contribution in [0.1, 0.15) is 18.5 Å². The molecule has 1 aromatic carbocycles. The van der Waals surface area contributed by atoms with E-state index in [1.807, 2.05) is 0 Å². The molecule has 0 bridgehead atoms. The van der Waals surface area contributed by atoms with Crippen molar-refractivity contribution in [3.8, 4) is 0 Å². The van der Waals surface area contributed by atoms with Crippen LogP contribution in [0.5, 0.6) is 0 Å². The number of benzene rings is 1. The molecule has 0 N–H and O–H groups in total. The Kier molecular flexibility index (Phi) is 2.66. The first kappa shape index (κ1) is 8.56. The van der Waals surface area contributed by atoms with Crippen molar-refractivity contribution in [2.24, 2.45) is 5.11 Å². The van der Waals surface area contributed by atoms with Gasteiger partial charge in [0, 0.05) is 4.91 Å². The first-order valence-electron chi connectivity index (χ1n) is 3.53. The molecule has 0 saturated heterocycles. The van der Waals surface area contributed by atoms with Gasteiger partial charge in [0.05, 0.1) is 6.04 Å². The zero-order chi connectivity index (χ0) is 8.97. The van der Waals surface area contributed by atoms with Crippen LogP contribution >= 0.6 is 0 Å². The minimum absolute atomic E-state index is 0.313. The molecule has 1 rings (SSSR count). The van der Waals surface area contributed by atoms with Crippen LogP contribution in [0.25, 0.3) is 10.4 Å². The molecule has 3 nitrogen and oxygen atoms in total. The fourth-order valence-electron chi connectivity index (χ4n) is 0.911. The zero-order valence-electron chi connectivity index (χ0n) is 6.61. The number of hydrogen-bond acceptors (Lipinski definition) is 1. The summed E-state index contributed by atoms with van der Waals surface area (Å²) in [7, 11) is 0. The standard InChI is InChI=1S/C8H8FN3/c1-6(11-12-10)7-3-2-4-8(9)5-7/h2-6H,1H3/t6-/m1/s1. The van der Waals surface area contributed by atoms with Crippen LogP contribution in [0.15, 0.2) is 29.4 Å². The fraction of sp³-hybridized carbons (Fsp3) is 0.250. The van der Waals surface area contributed by atoms with Crippen LogP contribution in [0.3, 0.4) is 0 Å². The average Bonchev–Trinajstić information content (AvgIpc) is 2.05. The van der Waals surface area contributed by atoms with Gasteiger partial charge in [0.1, 0.15) is 5.82 Å². The fourth-order valence-corrected chi connectivity index (χ4v) is 0.911. The van der Waals surface area contributed by atoms with E-state index in [9.17, 15) is 4.39 Å². The Morgan fingerprint density at radius 3 is 2.92 bits per heavy atom. The number of azide groups is 1. The maximum Gasteiger partial charge on any atom is 0.123 e. The van der Waals surface area contributed by atoms with Gasteiger partial charge in [-0.15, -0.1) is 0 Å². The van der Waals surface area contributed by atoms with Gasteiger partial charge in [-0.3, -0.25) is 0 Å². The largest absolute Gasteiger partial charge is 0.207 e. The van der Waals surface area contributed by atoms with Gasteiger partial charge in [-0.05, 0) is 23.2 Å². The lowest BCUT2D eigenvalue weighted by molar-refractivity contribution is 0.622. The molecule has 12 heavy (non-hydrogen) atoms. The van der Waals surface area contributed by atoms with Crippen molar-refractivity contribution in [3.05, 3.63) is 46.1 Å². The molecule has 0 unspecified atom stereocenters. The van der Waals surface area contributed by atoms with Crippen molar-refractivity contribution in [3.63, 3.8) is 0 Å². The molecule has 0 aliphatic rings. The van der Waals surface area contributed by atoms with E-state index in [4.69, 9.17) is 5.53 Å². The summed E-state index contributed by atoms with van der Waals surface area (Å²) in [4.78, 5) is 2.64. The lowest BCUT2D eigenvalue weighted by Gasteiger charge is -2.03. The van der Waals surface area contributed by atoms with Crippen molar-refractivity contribution in [2.45, 2.75) is 13.0 Å². The van der Waals surface area contributed by atoms with E-state index in [2.05, 4.69) is 10.0 Å². The molecule has 62 valence electrons. The van der Waals surface area contributed by atoms with Crippen molar-refractivity contribution in [2.75, 3.05) is 0 Å². The summed E-state index contributed by atoms with van der Waals surface area (Å²) >= 11 is 0. The molecule has 0 radical (unpaired) electrons.